The summed E-state index contributed by atoms with van der Waals surface area (Å²) in [7, 11) is 0. The lowest BCUT2D eigenvalue weighted by atomic mass is 10.00. The Hall–Kier alpha value is -3.41. The highest BCUT2D eigenvalue weighted by Crippen LogP contribution is 2.38. The number of anilines is 1. The Morgan fingerprint density at radius 3 is 2.59 bits per heavy atom. The van der Waals surface area contributed by atoms with Crippen LogP contribution in [0.15, 0.2) is 36.5 Å². The van der Waals surface area contributed by atoms with Crippen LogP contribution in [0.2, 0.25) is 0 Å². The average Bonchev–Trinajstić information content (AvgIpc) is 3.18. The normalized spacial score (nSPS) is 16.6. The molecule has 0 aliphatic carbocycles. The molecule has 2 N–H and O–H groups in total. The number of fused-ring (bicyclic) bond motifs is 3. The number of rotatable bonds is 5. The maximum Gasteiger partial charge on any atom is 0.417 e. The van der Waals surface area contributed by atoms with Gasteiger partial charge in [0.1, 0.15) is 5.82 Å². The number of aromatic nitrogens is 2. The van der Waals surface area contributed by atoms with Crippen LogP contribution in [0.3, 0.4) is 0 Å². The average molecular weight is 484 g/mol. The minimum absolute atomic E-state index is 0.115. The van der Waals surface area contributed by atoms with Gasteiger partial charge in [-0.1, -0.05) is 0 Å². The van der Waals surface area contributed by atoms with E-state index in [9.17, 15) is 31.1 Å². The van der Waals surface area contributed by atoms with Crippen molar-refractivity contribution in [2.45, 2.75) is 45.1 Å². The van der Waals surface area contributed by atoms with E-state index in [1.165, 1.54) is 18.2 Å². The maximum absolute atomic E-state index is 14.4. The van der Waals surface area contributed by atoms with Crippen molar-refractivity contribution in [1.82, 2.24) is 14.9 Å². The van der Waals surface area contributed by atoms with Gasteiger partial charge in [-0.3, -0.25) is 14.7 Å². The van der Waals surface area contributed by atoms with Gasteiger partial charge in [0.15, 0.2) is 0 Å². The number of alkyl halides is 6. The van der Waals surface area contributed by atoms with Gasteiger partial charge in [0.25, 0.3) is 12.3 Å². The number of carbonyl (C=O) groups excluding carboxylic acids is 1. The molecule has 0 radical (unpaired) electrons. The summed E-state index contributed by atoms with van der Waals surface area (Å²) in [6.45, 7) is 1.21. The molecule has 3 aromatic rings. The Morgan fingerprint density at radius 2 is 1.97 bits per heavy atom. The molecule has 0 saturated carbocycles. The number of pyridine rings is 2. The Balaban J connectivity index is 1.70. The van der Waals surface area contributed by atoms with Gasteiger partial charge in [-0.15, -0.1) is 0 Å². The molecule has 1 amide bonds. The Morgan fingerprint density at radius 1 is 1.24 bits per heavy atom. The van der Waals surface area contributed by atoms with Crippen LogP contribution >= 0.6 is 0 Å². The zero-order chi connectivity index (χ0) is 24.8. The third-order valence-electron chi connectivity index (χ3n) is 5.55. The van der Waals surface area contributed by atoms with E-state index in [2.05, 4.69) is 9.97 Å². The highest BCUT2D eigenvalue weighted by atomic mass is 19.4. The molecule has 180 valence electrons. The molecule has 1 unspecified atom stereocenters. The summed E-state index contributed by atoms with van der Waals surface area (Å²) in [5.41, 5.74) is 6.40. The molecular formula is C22H18F6N4O2. The monoisotopic (exact) mass is 484 g/mol. The predicted octanol–water partition coefficient (Wildman–Crippen LogP) is 5.03. The highest BCUT2D eigenvalue weighted by Gasteiger charge is 2.34. The van der Waals surface area contributed by atoms with Crippen molar-refractivity contribution >= 4 is 22.6 Å². The number of hydrogen-bond donors (Lipinski definition) is 1. The molecule has 0 saturated heterocycles. The third kappa shape index (κ3) is 4.37. The lowest BCUT2D eigenvalue weighted by molar-refractivity contribution is -0.137. The zero-order valence-corrected chi connectivity index (χ0v) is 17.6. The molecule has 0 spiro atoms. The van der Waals surface area contributed by atoms with Gasteiger partial charge in [0.2, 0.25) is 6.30 Å². The van der Waals surface area contributed by atoms with E-state index in [0.717, 1.165) is 6.07 Å². The quantitative estimate of drug-likeness (QED) is 0.406. The van der Waals surface area contributed by atoms with Crippen LogP contribution in [-0.4, -0.2) is 33.5 Å². The number of carbonyl (C=O) groups is 1. The van der Waals surface area contributed by atoms with Gasteiger partial charge in [-0.05, 0) is 42.8 Å². The highest BCUT2D eigenvalue weighted by molar-refractivity contribution is 5.99. The molecule has 0 fully saturated rings. The molecule has 2 aromatic heterocycles. The van der Waals surface area contributed by atoms with E-state index >= 15 is 0 Å². The second-order valence-electron chi connectivity index (χ2n) is 7.75. The van der Waals surface area contributed by atoms with Crippen LogP contribution in [0.5, 0.6) is 0 Å². The fraction of sp³-hybridized carbons (Fsp3) is 0.318. The molecule has 34 heavy (non-hydrogen) atoms. The van der Waals surface area contributed by atoms with Crippen molar-refractivity contribution in [3.63, 3.8) is 0 Å². The van der Waals surface area contributed by atoms with Crippen LogP contribution in [0.1, 0.15) is 45.8 Å². The maximum atomic E-state index is 14.4. The van der Waals surface area contributed by atoms with Gasteiger partial charge in [-0.2, -0.15) is 13.2 Å². The fourth-order valence-electron chi connectivity index (χ4n) is 3.83. The Bertz CT molecular complexity index is 1230. The number of nitrogens with zero attached hydrogens (tertiary/aromatic N) is 3. The summed E-state index contributed by atoms with van der Waals surface area (Å²) >= 11 is 0. The van der Waals surface area contributed by atoms with E-state index in [4.69, 9.17) is 10.5 Å². The number of nitrogen functional groups attached to an aromatic ring is 1. The first kappa shape index (κ1) is 23.7. The van der Waals surface area contributed by atoms with Gasteiger partial charge in [-0.25, -0.2) is 18.2 Å². The molecule has 1 aliphatic heterocycles. The molecular weight excluding hydrogens is 466 g/mol. The molecule has 1 aromatic carbocycles. The Kier molecular flexibility index (Phi) is 6.11. The molecule has 3 heterocycles. The lowest BCUT2D eigenvalue weighted by Gasteiger charge is -2.26. The van der Waals surface area contributed by atoms with Gasteiger partial charge < -0.3 is 10.5 Å². The number of benzene rings is 1. The van der Waals surface area contributed by atoms with Gasteiger partial charge in [0, 0.05) is 22.7 Å². The van der Waals surface area contributed by atoms with Crippen LogP contribution in [0.4, 0.5) is 32.2 Å². The second kappa shape index (κ2) is 8.75. The van der Waals surface area contributed by atoms with Crippen molar-refractivity contribution in [3.05, 3.63) is 64.5 Å². The minimum Gasteiger partial charge on any atom is -0.383 e. The minimum atomic E-state index is -4.66. The number of hydrogen-bond acceptors (Lipinski definition) is 5. The summed E-state index contributed by atoms with van der Waals surface area (Å²) in [5, 5.41) is 0.500. The molecule has 6 nitrogen and oxygen atoms in total. The SMILES string of the molecule is C[C@H]1OCc2c1c(N)nc1ccc(C(=O)N(Cc3ccc(C(F)(F)F)cn3)C(F)C(F)F)cc21. The van der Waals surface area contributed by atoms with E-state index < -0.39 is 36.9 Å². The van der Waals surface area contributed by atoms with Crippen molar-refractivity contribution < 1.29 is 35.9 Å². The van der Waals surface area contributed by atoms with Crippen LogP contribution in [0.25, 0.3) is 10.9 Å². The zero-order valence-electron chi connectivity index (χ0n) is 17.6. The molecule has 4 rings (SSSR count). The fourth-order valence-corrected chi connectivity index (χ4v) is 3.83. The lowest BCUT2D eigenvalue weighted by Crippen LogP contribution is -2.41. The van der Waals surface area contributed by atoms with Crippen molar-refractivity contribution in [1.29, 1.82) is 0 Å². The summed E-state index contributed by atoms with van der Waals surface area (Å²) in [6.07, 6.45) is -11.0. The number of ether oxygens (including phenoxy) is 1. The van der Waals surface area contributed by atoms with E-state index in [1.54, 1.807) is 6.92 Å². The molecule has 0 bridgehead atoms. The second-order valence-corrected chi connectivity index (χ2v) is 7.75. The van der Waals surface area contributed by atoms with E-state index in [-0.39, 0.29) is 34.7 Å². The van der Waals surface area contributed by atoms with Crippen molar-refractivity contribution in [3.8, 4) is 0 Å². The number of nitrogens with two attached hydrogens (primary N) is 1. The first-order valence-corrected chi connectivity index (χ1v) is 10.1. The molecule has 12 heteroatoms. The topological polar surface area (TPSA) is 81.3 Å². The Labute approximate surface area is 189 Å². The first-order chi connectivity index (χ1) is 16.0. The van der Waals surface area contributed by atoms with Gasteiger partial charge in [0.05, 0.1) is 36.0 Å². The van der Waals surface area contributed by atoms with Crippen molar-refractivity contribution in [2.75, 3.05) is 5.73 Å². The van der Waals surface area contributed by atoms with Gasteiger partial charge >= 0.3 is 6.18 Å². The van der Waals surface area contributed by atoms with Crippen molar-refractivity contribution in [2.24, 2.45) is 0 Å². The van der Waals surface area contributed by atoms with E-state index in [0.29, 0.717) is 34.3 Å². The predicted molar refractivity (Wildman–Crippen MR) is 109 cm³/mol. The van der Waals surface area contributed by atoms with Crippen LogP contribution < -0.4 is 5.73 Å². The molecule has 2 atom stereocenters. The third-order valence-corrected chi connectivity index (χ3v) is 5.55. The van der Waals surface area contributed by atoms with Crippen LogP contribution in [-0.2, 0) is 24.1 Å². The summed E-state index contributed by atoms with van der Waals surface area (Å²) in [5.74, 6) is -0.822. The smallest absolute Gasteiger partial charge is 0.383 e. The molecule has 1 aliphatic rings. The first-order valence-electron chi connectivity index (χ1n) is 10.1. The summed E-state index contributed by atoms with van der Waals surface area (Å²) in [4.78, 5) is 21.1. The summed E-state index contributed by atoms with van der Waals surface area (Å²) in [6, 6.07) is 5.70. The van der Waals surface area contributed by atoms with E-state index in [1.807, 2.05) is 0 Å². The number of amides is 1. The van der Waals surface area contributed by atoms with Crippen LogP contribution in [0, 0.1) is 0 Å². The summed E-state index contributed by atoms with van der Waals surface area (Å²) < 4.78 is 84.7. The largest absolute Gasteiger partial charge is 0.417 e. The standard InChI is InChI=1S/C22H18F6N4O2/c1-10-17-15(9-34-10)14-6-11(2-5-16(14)31-20(17)29)21(33)32(19(25)18(23)24)8-13-4-3-12(7-30-13)22(26,27)28/h2-7,10,18-19H,8-9H2,1H3,(H2,29,31)/t10-,19?/m1/s1. The number of halogens is 6.